The number of hydrogen-bond donors (Lipinski definition) is 3. The lowest BCUT2D eigenvalue weighted by Gasteiger charge is -2.23. The molecule has 1 aliphatic rings. The number of carbonyl (C=O) groups is 1. The van der Waals surface area contributed by atoms with Crippen molar-refractivity contribution in [2.24, 2.45) is 0 Å². The number of nitrogens with one attached hydrogen (secondary N) is 3. The van der Waals surface area contributed by atoms with E-state index in [2.05, 4.69) is 28.3 Å². The number of aryl methyl sites for hydroxylation is 2. The maximum absolute atomic E-state index is 11.9. The Labute approximate surface area is 131 Å². The molecule has 0 fully saturated rings. The third-order valence-corrected chi connectivity index (χ3v) is 3.54. The minimum absolute atomic E-state index is 0.0917. The Hall–Kier alpha value is -1.62. The van der Waals surface area contributed by atoms with Crippen molar-refractivity contribution in [2.75, 3.05) is 0 Å². The Balaban J connectivity index is 1.81. The van der Waals surface area contributed by atoms with E-state index in [1.54, 1.807) is 0 Å². The molecule has 1 amide bonds. The van der Waals surface area contributed by atoms with Crippen molar-refractivity contribution in [2.45, 2.75) is 52.0 Å². The third-order valence-electron chi connectivity index (χ3n) is 3.33. The van der Waals surface area contributed by atoms with E-state index in [1.165, 1.54) is 17.5 Å². The molecular weight excluding hydrogens is 282 g/mol. The first kappa shape index (κ1) is 15.8. The zero-order valence-corrected chi connectivity index (χ0v) is 13.7. The summed E-state index contributed by atoms with van der Waals surface area (Å²) in [4.78, 5) is 11.9. The lowest BCUT2D eigenvalue weighted by Crippen LogP contribution is -2.52. The molecule has 0 unspecified atom stereocenters. The Morgan fingerprint density at radius 2 is 1.90 bits per heavy atom. The second-order valence-corrected chi connectivity index (χ2v) is 6.92. The highest BCUT2D eigenvalue weighted by atomic mass is 32.1. The fourth-order valence-electron chi connectivity index (χ4n) is 2.46. The number of thiocarbonyl (C=S) groups is 1. The van der Waals surface area contributed by atoms with Gasteiger partial charge in [0, 0.05) is 5.54 Å². The number of amides is 1. The van der Waals surface area contributed by atoms with Crippen LogP contribution in [0.15, 0.2) is 18.2 Å². The average molecular weight is 305 g/mol. The van der Waals surface area contributed by atoms with Crippen LogP contribution < -0.4 is 16.2 Å². The van der Waals surface area contributed by atoms with Crippen LogP contribution in [0.4, 0.5) is 0 Å². The monoisotopic (exact) mass is 305 g/mol. The molecule has 0 heterocycles. The van der Waals surface area contributed by atoms with Gasteiger partial charge in [-0.2, -0.15) is 0 Å². The molecular formula is C16H23N3OS. The molecule has 0 saturated heterocycles. The van der Waals surface area contributed by atoms with Crippen LogP contribution in [0, 0.1) is 0 Å². The SMILES string of the molecule is CC(C)(C)NC(=S)NNC(=O)Cc1ccc2c(c1)CCC2. The third kappa shape index (κ3) is 5.01. The molecule has 21 heavy (non-hydrogen) atoms. The highest BCUT2D eigenvalue weighted by Gasteiger charge is 2.13. The number of fused-ring (bicyclic) bond motifs is 1. The van der Waals surface area contributed by atoms with Crippen molar-refractivity contribution in [3.05, 3.63) is 34.9 Å². The maximum atomic E-state index is 11.9. The van der Waals surface area contributed by atoms with Gasteiger partial charge in [-0.1, -0.05) is 18.2 Å². The van der Waals surface area contributed by atoms with Gasteiger partial charge in [0.05, 0.1) is 6.42 Å². The summed E-state index contributed by atoms with van der Waals surface area (Å²) >= 11 is 5.11. The summed E-state index contributed by atoms with van der Waals surface area (Å²) in [5.41, 5.74) is 9.09. The molecule has 0 radical (unpaired) electrons. The minimum Gasteiger partial charge on any atom is -0.357 e. The van der Waals surface area contributed by atoms with Crippen LogP contribution in [-0.2, 0) is 24.1 Å². The van der Waals surface area contributed by atoms with Gasteiger partial charge in [-0.05, 0) is 68.9 Å². The van der Waals surface area contributed by atoms with Gasteiger partial charge in [0.15, 0.2) is 5.11 Å². The molecule has 0 aromatic heterocycles. The van der Waals surface area contributed by atoms with Crippen molar-refractivity contribution in [3.63, 3.8) is 0 Å². The fourth-order valence-corrected chi connectivity index (χ4v) is 2.82. The van der Waals surface area contributed by atoms with E-state index >= 15 is 0 Å². The van der Waals surface area contributed by atoms with Crippen LogP contribution in [0.2, 0.25) is 0 Å². The van der Waals surface area contributed by atoms with Crippen molar-refractivity contribution < 1.29 is 4.79 Å². The van der Waals surface area contributed by atoms with E-state index in [4.69, 9.17) is 12.2 Å². The summed E-state index contributed by atoms with van der Waals surface area (Å²) < 4.78 is 0. The van der Waals surface area contributed by atoms with Gasteiger partial charge in [0.1, 0.15) is 0 Å². The van der Waals surface area contributed by atoms with Gasteiger partial charge in [0.25, 0.3) is 0 Å². The maximum Gasteiger partial charge on any atom is 0.242 e. The summed E-state index contributed by atoms with van der Waals surface area (Å²) in [5, 5.41) is 3.50. The number of rotatable bonds is 2. The van der Waals surface area contributed by atoms with Gasteiger partial charge >= 0.3 is 0 Å². The molecule has 0 spiro atoms. The Morgan fingerprint density at radius 1 is 1.19 bits per heavy atom. The molecule has 3 N–H and O–H groups in total. The number of carbonyl (C=O) groups excluding carboxylic acids is 1. The Morgan fingerprint density at radius 3 is 2.62 bits per heavy atom. The molecule has 0 aliphatic heterocycles. The van der Waals surface area contributed by atoms with E-state index in [-0.39, 0.29) is 11.4 Å². The Bertz CT molecular complexity index is 549. The lowest BCUT2D eigenvalue weighted by molar-refractivity contribution is -0.121. The van der Waals surface area contributed by atoms with Crippen molar-refractivity contribution >= 4 is 23.2 Å². The predicted molar refractivity (Wildman–Crippen MR) is 88.9 cm³/mol. The van der Waals surface area contributed by atoms with Crippen LogP contribution in [-0.4, -0.2) is 16.6 Å². The first-order valence-electron chi connectivity index (χ1n) is 7.31. The first-order valence-corrected chi connectivity index (χ1v) is 7.72. The smallest absolute Gasteiger partial charge is 0.242 e. The van der Waals surface area contributed by atoms with Gasteiger partial charge in [0.2, 0.25) is 5.91 Å². The first-order chi connectivity index (χ1) is 9.83. The van der Waals surface area contributed by atoms with Crippen LogP contribution in [0.3, 0.4) is 0 Å². The zero-order valence-electron chi connectivity index (χ0n) is 12.9. The van der Waals surface area contributed by atoms with Crippen LogP contribution in [0.5, 0.6) is 0 Å². The molecule has 0 saturated carbocycles. The minimum atomic E-state index is -0.130. The van der Waals surface area contributed by atoms with Crippen LogP contribution in [0.25, 0.3) is 0 Å². The van der Waals surface area contributed by atoms with Gasteiger partial charge in [-0.25, -0.2) is 0 Å². The van der Waals surface area contributed by atoms with Crippen LogP contribution >= 0.6 is 12.2 Å². The molecule has 0 atom stereocenters. The van der Waals surface area contributed by atoms with E-state index in [0.717, 1.165) is 18.4 Å². The predicted octanol–water partition coefficient (Wildman–Crippen LogP) is 2.01. The lowest BCUT2D eigenvalue weighted by atomic mass is 10.0. The van der Waals surface area contributed by atoms with Crippen molar-refractivity contribution in [1.29, 1.82) is 0 Å². The second-order valence-electron chi connectivity index (χ2n) is 6.51. The summed E-state index contributed by atoms with van der Waals surface area (Å²) in [5.74, 6) is -0.0917. The highest BCUT2D eigenvalue weighted by molar-refractivity contribution is 7.80. The van der Waals surface area contributed by atoms with Crippen molar-refractivity contribution in [1.82, 2.24) is 16.2 Å². The molecule has 4 nitrogen and oxygen atoms in total. The van der Waals surface area contributed by atoms with Crippen molar-refractivity contribution in [3.8, 4) is 0 Å². The number of hydrazine groups is 1. The quantitative estimate of drug-likeness (QED) is 0.578. The average Bonchev–Trinajstić information content (AvgIpc) is 2.81. The summed E-state index contributed by atoms with van der Waals surface area (Å²) in [7, 11) is 0. The van der Waals surface area contributed by atoms with E-state index in [1.807, 2.05) is 26.8 Å². The summed E-state index contributed by atoms with van der Waals surface area (Å²) in [6, 6.07) is 6.33. The molecule has 2 rings (SSSR count). The molecule has 114 valence electrons. The van der Waals surface area contributed by atoms with Crippen LogP contribution in [0.1, 0.15) is 43.9 Å². The largest absolute Gasteiger partial charge is 0.357 e. The van der Waals surface area contributed by atoms with E-state index in [9.17, 15) is 4.79 Å². The number of benzene rings is 1. The van der Waals surface area contributed by atoms with Gasteiger partial charge in [-0.15, -0.1) is 0 Å². The molecule has 0 bridgehead atoms. The Kier molecular flexibility index (Phi) is 4.83. The molecule has 5 heteroatoms. The summed E-state index contributed by atoms with van der Waals surface area (Å²) in [6.45, 7) is 6.02. The highest BCUT2D eigenvalue weighted by Crippen LogP contribution is 2.22. The summed E-state index contributed by atoms with van der Waals surface area (Å²) in [6.07, 6.45) is 3.87. The topological polar surface area (TPSA) is 53.2 Å². The zero-order chi connectivity index (χ0) is 15.5. The molecule has 1 aromatic carbocycles. The van der Waals surface area contributed by atoms with E-state index in [0.29, 0.717) is 11.5 Å². The molecule has 1 aliphatic carbocycles. The van der Waals surface area contributed by atoms with Gasteiger partial charge in [-0.3, -0.25) is 15.6 Å². The van der Waals surface area contributed by atoms with E-state index < -0.39 is 0 Å². The second kappa shape index (κ2) is 6.43. The standard InChI is InChI=1S/C16H23N3OS/c1-16(2,3)17-15(21)19-18-14(20)10-11-7-8-12-5-4-6-13(12)9-11/h7-9H,4-6,10H2,1-3H3,(H,18,20)(H2,17,19,21). The molecule has 1 aromatic rings. The van der Waals surface area contributed by atoms with Gasteiger partial charge < -0.3 is 5.32 Å². The number of hydrogen-bond acceptors (Lipinski definition) is 2. The fraction of sp³-hybridized carbons (Fsp3) is 0.500. The normalized spacial score (nSPS) is 13.5.